The minimum absolute atomic E-state index is 0.275. The number of nitrogens with one attached hydrogen (secondary N) is 1. The average molecular weight is 347 g/mol. The molecule has 4 nitrogen and oxygen atoms in total. The van der Waals surface area contributed by atoms with Crippen molar-refractivity contribution in [3.63, 3.8) is 0 Å². The number of aromatic hydroxyl groups is 1. The highest BCUT2D eigenvalue weighted by molar-refractivity contribution is 5.96. The van der Waals surface area contributed by atoms with E-state index in [1.807, 2.05) is 24.5 Å². The molecule has 4 rings (SSSR count). The van der Waals surface area contributed by atoms with Gasteiger partial charge in [0.1, 0.15) is 5.75 Å². The van der Waals surface area contributed by atoms with E-state index in [9.17, 15) is 5.11 Å². The Balaban J connectivity index is 1.59. The summed E-state index contributed by atoms with van der Waals surface area (Å²) in [5.41, 5.74) is 9.51. The Bertz CT molecular complexity index is 892. The van der Waals surface area contributed by atoms with E-state index in [2.05, 4.69) is 28.5 Å². The summed E-state index contributed by atoms with van der Waals surface area (Å²) < 4.78 is 0. The van der Waals surface area contributed by atoms with E-state index in [0.717, 1.165) is 35.9 Å². The maximum absolute atomic E-state index is 9.54. The number of fused-ring (bicyclic) bond motifs is 1. The maximum Gasteiger partial charge on any atom is 0.115 e. The van der Waals surface area contributed by atoms with Crippen molar-refractivity contribution in [2.45, 2.75) is 44.3 Å². The number of phenols is 1. The minimum atomic E-state index is 0.275. The molecule has 0 radical (unpaired) electrons. The number of phenolic OH excluding ortho intramolecular Hbond substituents is 1. The van der Waals surface area contributed by atoms with Crippen LogP contribution in [0.15, 0.2) is 54.9 Å². The molecule has 0 saturated heterocycles. The number of rotatable bonds is 4. The molecule has 1 saturated carbocycles. The zero-order valence-electron chi connectivity index (χ0n) is 14.9. The van der Waals surface area contributed by atoms with Gasteiger partial charge in [-0.05, 0) is 54.0 Å². The van der Waals surface area contributed by atoms with Gasteiger partial charge in [-0.3, -0.25) is 4.98 Å². The molecule has 0 amide bonds. The van der Waals surface area contributed by atoms with Crippen LogP contribution in [0.2, 0.25) is 0 Å². The second kappa shape index (κ2) is 7.44. The number of nitrogens with two attached hydrogens (primary N) is 1. The molecule has 1 aromatic heterocycles. The number of hydrogen-bond acceptors (Lipinski definition) is 4. The molecule has 4 heteroatoms. The van der Waals surface area contributed by atoms with Gasteiger partial charge in [-0.25, -0.2) is 0 Å². The van der Waals surface area contributed by atoms with Gasteiger partial charge in [0.05, 0.1) is 0 Å². The maximum atomic E-state index is 9.54. The van der Waals surface area contributed by atoms with Crippen LogP contribution in [0.1, 0.15) is 31.2 Å². The van der Waals surface area contributed by atoms with Crippen LogP contribution in [0.5, 0.6) is 5.75 Å². The Morgan fingerprint density at radius 3 is 2.73 bits per heavy atom. The average Bonchev–Trinajstić information content (AvgIpc) is 2.66. The van der Waals surface area contributed by atoms with E-state index < -0.39 is 0 Å². The summed E-state index contributed by atoms with van der Waals surface area (Å²) in [7, 11) is 0. The van der Waals surface area contributed by atoms with Crippen LogP contribution in [0.3, 0.4) is 0 Å². The molecule has 3 aromatic rings. The van der Waals surface area contributed by atoms with Crippen molar-refractivity contribution in [2.24, 2.45) is 5.73 Å². The van der Waals surface area contributed by atoms with Crippen molar-refractivity contribution in [1.82, 2.24) is 10.3 Å². The topological polar surface area (TPSA) is 71.2 Å². The van der Waals surface area contributed by atoms with Crippen molar-refractivity contribution in [3.05, 3.63) is 60.4 Å². The summed E-state index contributed by atoms with van der Waals surface area (Å²) in [6.45, 7) is 0.852. The van der Waals surface area contributed by atoms with Gasteiger partial charge in [0, 0.05) is 42.0 Å². The van der Waals surface area contributed by atoms with Gasteiger partial charge >= 0.3 is 0 Å². The number of aromatic nitrogens is 1. The molecule has 26 heavy (non-hydrogen) atoms. The largest absolute Gasteiger partial charge is 0.508 e. The van der Waals surface area contributed by atoms with Gasteiger partial charge in [0.15, 0.2) is 0 Å². The molecule has 134 valence electrons. The van der Waals surface area contributed by atoms with E-state index in [0.29, 0.717) is 12.1 Å². The summed E-state index contributed by atoms with van der Waals surface area (Å²) in [6.07, 6.45) is 8.44. The number of pyridine rings is 1. The van der Waals surface area contributed by atoms with E-state index in [4.69, 9.17) is 5.73 Å². The fourth-order valence-corrected chi connectivity index (χ4v) is 3.87. The highest BCUT2D eigenvalue weighted by atomic mass is 16.3. The number of benzene rings is 2. The van der Waals surface area contributed by atoms with E-state index in [1.165, 1.54) is 23.8 Å². The third-order valence-corrected chi connectivity index (χ3v) is 5.31. The minimum Gasteiger partial charge on any atom is -0.508 e. The zero-order chi connectivity index (χ0) is 17.9. The van der Waals surface area contributed by atoms with Gasteiger partial charge in [-0.1, -0.05) is 30.7 Å². The molecule has 0 spiro atoms. The molecule has 0 aliphatic heterocycles. The van der Waals surface area contributed by atoms with Crippen LogP contribution >= 0.6 is 0 Å². The third kappa shape index (κ3) is 3.71. The van der Waals surface area contributed by atoms with Gasteiger partial charge < -0.3 is 16.2 Å². The van der Waals surface area contributed by atoms with Crippen LogP contribution in [0.4, 0.5) is 0 Å². The summed E-state index contributed by atoms with van der Waals surface area (Å²) in [4.78, 5) is 4.38. The highest BCUT2D eigenvalue weighted by Crippen LogP contribution is 2.29. The second-order valence-corrected chi connectivity index (χ2v) is 7.29. The Labute approximate surface area is 154 Å². The number of hydrogen-bond donors (Lipinski definition) is 3. The highest BCUT2D eigenvalue weighted by Gasteiger charge is 2.18. The normalized spacial score (nSPS) is 20.3. The second-order valence-electron chi connectivity index (χ2n) is 7.29. The van der Waals surface area contributed by atoms with Crippen molar-refractivity contribution < 1.29 is 5.11 Å². The zero-order valence-corrected chi connectivity index (χ0v) is 14.9. The molecule has 1 aliphatic rings. The van der Waals surface area contributed by atoms with Crippen molar-refractivity contribution in [1.29, 1.82) is 0 Å². The monoisotopic (exact) mass is 347 g/mol. The van der Waals surface area contributed by atoms with Crippen molar-refractivity contribution in [3.8, 4) is 16.9 Å². The van der Waals surface area contributed by atoms with E-state index in [-0.39, 0.29) is 5.75 Å². The van der Waals surface area contributed by atoms with Crippen molar-refractivity contribution in [2.75, 3.05) is 0 Å². The van der Waals surface area contributed by atoms with Crippen LogP contribution < -0.4 is 11.1 Å². The predicted molar refractivity (Wildman–Crippen MR) is 106 cm³/mol. The predicted octanol–water partition coefficient (Wildman–Crippen LogP) is 3.97. The summed E-state index contributed by atoms with van der Waals surface area (Å²) in [6, 6.07) is 14.7. The standard InChI is InChI=1S/C22H25N3O/c23-18-2-1-3-19(11-18)25-12-15-4-5-17-13-24-14-22(21(17)10-15)16-6-8-20(26)9-7-16/h4-10,13-14,18-19,25-26H,1-3,11-12,23H2. The quantitative estimate of drug-likeness (QED) is 0.668. The van der Waals surface area contributed by atoms with E-state index in [1.54, 1.807) is 12.1 Å². The Hall–Kier alpha value is -2.43. The van der Waals surface area contributed by atoms with Crippen LogP contribution in [0, 0.1) is 0 Å². The Morgan fingerprint density at radius 2 is 1.92 bits per heavy atom. The Kier molecular flexibility index (Phi) is 4.87. The summed E-state index contributed by atoms with van der Waals surface area (Å²) in [5, 5.41) is 15.5. The molecule has 2 aromatic carbocycles. The van der Waals surface area contributed by atoms with Gasteiger partial charge in [0.2, 0.25) is 0 Å². The first kappa shape index (κ1) is 17.0. The lowest BCUT2D eigenvalue weighted by Crippen LogP contribution is -2.39. The summed E-state index contributed by atoms with van der Waals surface area (Å²) in [5.74, 6) is 0.275. The fourth-order valence-electron chi connectivity index (χ4n) is 3.87. The smallest absolute Gasteiger partial charge is 0.115 e. The van der Waals surface area contributed by atoms with Gasteiger partial charge in [0.25, 0.3) is 0 Å². The summed E-state index contributed by atoms with van der Waals surface area (Å²) >= 11 is 0. The number of nitrogens with zero attached hydrogens (tertiary/aromatic N) is 1. The third-order valence-electron chi connectivity index (χ3n) is 5.31. The molecular formula is C22H25N3O. The van der Waals surface area contributed by atoms with Gasteiger partial charge in [-0.2, -0.15) is 0 Å². The molecule has 4 N–H and O–H groups in total. The van der Waals surface area contributed by atoms with Crippen LogP contribution in [-0.2, 0) is 6.54 Å². The van der Waals surface area contributed by atoms with Crippen LogP contribution in [-0.4, -0.2) is 22.2 Å². The first-order valence-electron chi connectivity index (χ1n) is 9.34. The molecule has 2 unspecified atom stereocenters. The van der Waals surface area contributed by atoms with Gasteiger partial charge in [-0.15, -0.1) is 0 Å². The molecule has 0 bridgehead atoms. The molecular weight excluding hydrogens is 322 g/mol. The lowest BCUT2D eigenvalue weighted by molar-refractivity contribution is 0.338. The molecule has 2 atom stereocenters. The lowest BCUT2D eigenvalue weighted by atomic mass is 9.91. The molecule has 1 heterocycles. The first-order chi connectivity index (χ1) is 12.7. The SMILES string of the molecule is NC1CCCC(NCc2ccc3cncc(-c4ccc(O)cc4)c3c2)C1. The fraction of sp³-hybridized carbons (Fsp3) is 0.318. The van der Waals surface area contributed by atoms with Crippen molar-refractivity contribution >= 4 is 10.8 Å². The van der Waals surface area contributed by atoms with E-state index >= 15 is 0 Å². The molecule has 1 aliphatic carbocycles. The van der Waals surface area contributed by atoms with Crippen LogP contribution in [0.25, 0.3) is 21.9 Å². The Morgan fingerprint density at radius 1 is 1.08 bits per heavy atom. The first-order valence-corrected chi connectivity index (χ1v) is 9.34. The molecule has 1 fully saturated rings. The lowest BCUT2D eigenvalue weighted by Gasteiger charge is -2.27.